The van der Waals surface area contributed by atoms with Gasteiger partial charge in [0.15, 0.2) is 22.2 Å². The molecule has 0 aromatic rings. The largest absolute Gasteiger partial charge is 0.306 e. The third kappa shape index (κ3) is 21.1. The summed E-state index contributed by atoms with van der Waals surface area (Å²) in [5, 5.41) is 1.33. The molecule has 15 heavy (non-hydrogen) atoms. The van der Waals surface area contributed by atoms with E-state index in [1.165, 1.54) is 0 Å². The minimum Gasteiger partial charge on any atom is -0.306 e. The number of hydrogen-bond acceptors (Lipinski definition) is 3. The van der Waals surface area contributed by atoms with E-state index >= 15 is 0 Å². The fourth-order valence-electron chi connectivity index (χ4n) is 0.364. The molecule has 0 rings (SSSR count). The van der Waals surface area contributed by atoms with Gasteiger partial charge in [0.25, 0.3) is 0 Å². The Morgan fingerprint density at radius 2 is 1.73 bits per heavy atom. The Kier molecular flexibility index (Phi) is 18.8. The highest BCUT2D eigenvalue weighted by atomic mass is 79.9. The van der Waals surface area contributed by atoms with E-state index in [9.17, 15) is 8.42 Å². The third-order valence-electron chi connectivity index (χ3n) is 0.914. The summed E-state index contributed by atoms with van der Waals surface area (Å²) < 4.78 is 33.2. The van der Waals surface area contributed by atoms with Crippen LogP contribution < -0.4 is 0 Å². The lowest BCUT2D eigenvalue weighted by Gasteiger charge is -1.97. The Labute approximate surface area is 113 Å². The molecule has 0 saturated carbocycles. The normalized spacial score (nSPS) is 13.9. The van der Waals surface area contributed by atoms with Gasteiger partial charge in [0.05, 0.1) is 18.1 Å². The van der Waals surface area contributed by atoms with Crippen LogP contribution in [-0.4, -0.2) is 41.7 Å². The molecular formula is C7H16Br2O4S2. The van der Waals surface area contributed by atoms with Crippen LogP contribution >= 0.6 is 31.9 Å². The highest BCUT2D eigenvalue weighted by molar-refractivity contribution is 9.09. The van der Waals surface area contributed by atoms with Crippen molar-refractivity contribution in [2.24, 2.45) is 0 Å². The number of alkyl halides is 2. The average Bonchev–Trinajstić information content (AvgIpc) is 2.16. The van der Waals surface area contributed by atoms with Gasteiger partial charge in [-0.05, 0) is 6.42 Å². The maximum atomic E-state index is 10.7. The zero-order valence-corrected chi connectivity index (χ0v) is 13.3. The molecule has 0 aliphatic heterocycles. The van der Waals surface area contributed by atoms with Crippen LogP contribution in [0.2, 0.25) is 0 Å². The van der Waals surface area contributed by atoms with E-state index in [1.807, 2.05) is 6.92 Å². The Hall–Kier alpha value is 1.18. The van der Waals surface area contributed by atoms with Crippen LogP contribution in [0, 0.1) is 0 Å². The first-order valence-corrected chi connectivity index (χ1v) is 9.05. The molecule has 0 fully saturated rings. The molecule has 0 aliphatic rings. The molecular weight excluding hydrogens is 372 g/mol. The third-order valence-corrected chi connectivity index (χ3v) is 4.28. The predicted octanol–water partition coefficient (Wildman–Crippen LogP) is 2.07. The van der Waals surface area contributed by atoms with Crippen molar-refractivity contribution >= 4 is 54.0 Å². The van der Waals surface area contributed by atoms with E-state index in [2.05, 4.69) is 31.9 Å². The van der Waals surface area contributed by atoms with Crippen molar-refractivity contribution in [3.05, 3.63) is 0 Å². The fourth-order valence-corrected chi connectivity index (χ4v) is 2.72. The van der Waals surface area contributed by atoms with Crippen molar-refractivity contribution in [2.45, 2.75) is 13.3 Å². The molecule has 2 unspecified atom stereocenters. The zero-order valence-electron chi connectivity index (χ0n) is 8.49. The van der Waals surface area contributed by atoms with Gasteiger partial charge in [-0.15, -0.1) is 0 Å². The summed E-state index contributed by atoms with van der Waals surface area (Å²) in [6.07, 6.45) is 0.925. The topological polar surface area (TPSA) is 63.6 Å². The first kappa shape index (κ1) is 18.5. The van der Waals surface area contributed by atoms with Crippen LogP contribution in [0.3, 0.4) is 0 Å². The molecule has 0 aliphatic carbocycles. The second-order valence-corrected chi connectivity index (χ2v) is 6.12. The highest BCUT2D eigenvalue weighted by Gasteiger charge is 1.95. The lowest BCUT2D eigenvalue weighted by molar-refractivity contribution is 0.348. The molecule has 2 atom stereocenters. The van der Waals surface area contributed by atoms with E-state index < -0.39 is 22.2 Å². The number of halogens is 2. The highest BCUT2D eigenvalue weighted by Crippen LogP contribution is 1.90. The van der Waals surface area contributed by atoms with Gasteiger partial charge in [-0.3, -0.25) is 4.18 Å². The van der Waals surface area contributed by atoms with Crippen LogP contribution in [0.5, 0.6) is 0 Å². The van der Waals surface area contributed by atoms with Gasteiger partial charge in [0.2, 0.25) is 0 Å². The first-order valence-electron chi connectivity index (χ1n) is 4.29. The Morgan fingerprint density at radius 3 is 2.00 bits per heavy atom. The summed E-state index contributed by atoms with van der Waals surface area (Å²) in [4.78, 5) is 0. The smallest absolute Gasteiger partial charge is 0.156 e. The maximum absolute atomic E-state index is 10.7. The molecule has 8 heteroatoms. The van der Waals surface area contributed by atoms with Gasteiger partial charge in [0.1, 0.15) is 0 Å². The molecule has 0 amide bonds. The van der Waals surface area contributed by atoms with Gasteiger partial charge in [-0.1, -0.05) is 38.8 Å². The van der Waals surface area contributed by atoms with Crippen molar-refractivity contribution in [3.63, 3.8) is 0 Å². The number of hydrogen-bond donors (Lipinski definition) is 1. The number of rotatable bonds is 7. The lowest BCUT2D eigenvalue weighted by Crippen LogP contribution is -2.03. The van der Waals surface area contributed by atoms with Crippen molar-refractivity contribution < 1.29 is 17.2 Å². The second kappa shape index (κ2) is 15.2. The quantitative estimate of drug-likeness (QED) is 0.536. The van der Waals surface area contributed by atoms with Crippen LogP contribution in [0.1, 0.15) is 13.3 Å². The molecule has 0 heterocycles. The molecule has 0 radical (unpaired) electrons. The lowest BCUT2D eigenvalue weighted by atomic mass is 10.5. The van der Waals surface area contributed by atoms with Crippen LogP contribution in [-0.2, 0) is 26.3 Å². The van der Waals surface area contributed by atoms with E-state index in [0.717, 1.165) is 11.8 Å². The molecule has 0 aromatic carbocycles. The monoisotopic (exact) mass is 386 g/mol. The first-order chi connectivity index (χ1) is 7.08. The zero-order chi connectivity index (χ0) is 12.1. The van der Waals surface area contributed by atoms with Crippen LogP contribution in [0.25, 0.3) is 0 Å². The van der Waals surface area contributed by atoms with Gasteiger partial charge in [-0.25, -0.2) is 8.42 Å². The van der Waals surface area contributed by atoms with Crippen molar-refractivity contribution in [1.29, 1.82) is 0 Å². The van der Waals surface area contributed by atoms with Crippen LogP contribution in [0.4, 0.5) is 0 Å². The van der Waals surface area contributed by atoms with Crippen molar-refractivity contribution in [2.75, 3.05) is 28.8 Å². The SMILES string of the molecule is CCCOS(=O)CCBr.O=S(O)CCBr. The summed E-state index contributed by atoms with van der Waals surface area (Å²) in [5.41, 5.74) is 0. The standard InChI is InChI=1S/C5H11BrO2S.C2H5BrO2S/c1-2-4-8-9(7)5-3-6;3-1-2-6(4)5/h2-5H2,1H3;1-2H2,(H,4,5). The van der Waals surface area contributed by atoms with E-state index in [0.29, 0.717) is 23.4 Å². The molecule has 0 saturated heterocycles. The second-order valence-electron chi connectivity index (χ2n) is 2.23. The average molecular weight is 388 g/mol. The Balaban J connectivity index is 0. The van der Waals surface area contributed by atoms with E-state index in [1.54, 1.807) is 0 Å². The Bertz CT molecular complexity index is 180. The molecule has 94 valence electrons. The summed E-state index contributed by atoms with van der Waals surface area (Å²) >= 11 is 3.49. The molecule has 4 nitrogen and oxygen atoms in total. The van der Waals surface area contributed by atoms with Gasteiger partial charge >= 0.3 is 0 Å². The van der Waals surface area contributed by atoms with Gasteiger partial charge < -0.3 is 4.55 Å². The maximum Gasteiger partial charge on any atom is 0.156 e. The summed E-state index contributed by atoms with van der Waals surface area (Å²) in [6.45, 7) is 2.59. The van der Waals surface area contributed by atoms with Gasteiger partial charge in [-0.2, -0.15) is 0 Å². The minimum absolute atomic E-state index is 0.319. The van der Waals surface area contributed by atoms with Crippen LogP contribution in [0.15, 0.2) is 0 Å². The summed E-state index contributed by atoms with van der Waals surface area (Å²) in [6, 6.07) is 0. The minimum atomic E-state index is -1.61. The molecule has 0 aromatic heterocycles. The van der Waals surface area contributed by atoms with Gasteiger partial charge in [0, 0.05) is 10.7 Å². The van der Waals surface area contributed by atoms with E-state index in [-0.39, 0.29) is 0 Å². The van der Waals surface area contributed by atoms with Crippen molar-refractivity contribution in [3.8, 4) is 0 Å². The van der Waals surface area contributed by atoms with E-state index in [4.69, 9.17) is 8.74 Å². The Morgan fingerprint density at radius 1 is 1.20 bits per heavy atom. The summed E-state index contributed by atoms with van der Waals surface area (Å²) in [7, 11) is 0. The molecule has 1 N–H and O–H groups in total. The summed E-state index contributed by atoms with van der Waals surface area (Å²) in [5.74, 6) is 0.903. The fraction of sp³-hybridized carbons (Fsp3) is 1.00. The molecule has 0 bridgehead atoms. The van der Waals surface area contributed by atoms with Crippen molar-refractivity contribution in [1.82, 2.24) is 0 Å². The predicted molar refractivity (Wildman–Crippen MR) is 72.5 cm³/mol. The molecule has 0 spiro atoms.